The van der Waals surface area contributed by atoms with E-state index in [-0.39, 0.29) is 0 Å². The van der Waals surface area contributed by atoms with Crippen LogP contribution in [0.15, 0.2) is 70.7 Å². The second kappa shape index (κ2) is 20.2. The van der Waals surface area contributed by atoms with Gasteiger partial charge in [-0.25, -0.2) is 0 Å². The summed E-state index contributed by atoms with van der Waals surface area (Å²) in [6, 6.07) is 9.03. The second-order valence-electron chi connectivity index (χ2n) is 8.42. The first-order valence-corrected chi connectivity index (χ1v) is 14.3. The van der Waals surface area contributed by atoms with Gasteiger partial charge in [0.05, 0.1) is 0 Å². The lowest BCUT2D eigenvalue weighted by Gasteiger charge is -2.02. The molecule has 1 heteroatoms. The molecule has 1 aromatic carbocycles. The van der Waals surface area contributed by atoms with Gasteiger partial charge in [-0.15, -0.1) is 11.8 Å². The Balaban J connectivity index is 0.00000249. The molecule has 0 heterocycles. The van der Waals surface area contributed by atoms with Gasteiger partial charge < -0.3 is 0 Å². The fraction of sp³-hybridized carbons (Fsp3) is 0.548. The maximum absolute atomic E-state index is 2.33. The number of thioether (sulfide) groups is 1. The van der Waals surface area contributed by atoms with E-state index in [0.29, 0.717) is 0 Å². The molecule has 0 radical (unpaired) electrons. The Labute approximate surface area is 204 Å². The Morgan fingerprint density at radius 2 is 1.41 bits per heavy atom. The third-order valence-electron chi connectivity index (χ3n) is 5.65. The quantitative estimate of drug-likeness (QED) is 0.188. The minimum Gasteiger partial charge on any atom is -0.126 e. The molecular formula is C31H48S. The van der Waals surface area contributed by atoms with Gasteiger partial charge in [0.15, 0.2) is 0 Å². The molecule has 0 fully saturated rings. The van der Waals surface area contributed by atoms with E-state index in [2.05, 4.69) is 74.6 Å². The largest absolute Gasteiger partial charge is 0.126 e. The summed E-state index contributed by atoms with van der Waals surface area (Å²) in [5.74, 6) is 1.24. The molecule has 0 bridgehead atoms. The molecule has 0 nitrogen and oxygen atoms in total. The SMILES string of the molecule is CC.CCCCCCCCC1=CC=C(/C=C/c2ccc(SCCCCCC)cc2)CC=C1. The maximum atomic E-state index is 2.33. The van der Waals surface area contributed by atoms with Crippen molar-refractivity contribution in [2.24, 2.45) is 0 Å². The van der Waals surface area contributed by atoms with Crippen LogP contribution in [-0.2, 0) is 0 Å². The van der Waals surface area contributed by atoms with Gasteiger partial charge in [-0.05, 0) is 60.3 Å². The van der Waals surface area contributed by atoms with Crippen molar-refractivity contribution in [2.45, 2.75) is 110 Å². The molecule has 0 aromatic heterocycles. The summed E-state index contributed by atoms with van der Waals surface area (Å²) in [4.78, 5) is 1.39. The van der Waals surface area contributed by atoms with E-state index in [1.165, 1.54) is 98.0 Å². The van der Waals surface area contributed by atoms with Crippen molar-refractivity contribution in [2.75, 3.05) is 5.75 Å². The third kappa shape index (κ3) is 13.8. The summed E-state index contributed by atoms with van der Waals surface area (Å²) in [7, 11) is 0. The Kier molecular flexibility index (Phi) is 18.0. The predicted octanol–water partition coefficient (Wildman–Crippen LogP) is 11.0. The number of hydrogen-bond acceptors (Lipinski definition) is 1. The zero-order chi connectivity index (χ0) is 23.3. The van der Waals surface area contributed by atoms with E-state index < -0.39 is 0 Å². The zero-order valence-electron chi connectivity index (χ0n) is 21.4. The Bertz CT molecular complexity index is 688. The van der Waals surface area contributed by atoms with Crippen molar-refractivity contribution >= 4 is 17.8 Å². The van der Waals surface area contributed by atoms with Crippen LogP contribution in [-0.4, -0.2) is 5.75 Å². The Morgan fingerprint density at radius 1 is 0.750 bits per heavy atom. The fourth-order valence-electron chi connectivity index (χ4n) is 3.68. The minimum atomic E-state index is 1.03. The molecule has 1 aromatic rings. The van der Waals surface area contributed by atoms with Crippen molar-refractivity contribution in [3.05, 3.63) is 71.4 Å². The Morgan fingerprint density at radius 3 is 2.12 bits per heavy atom. The maximum Gasteiger partial charge on any atom is 0.00723 e. The number of allylic oxidation sites excluding steroid dienone is 7. The first-order chi connectivity index (χ1) is 15.8. The van der Waals surface area contributed by atoms with Crippen LogP contribution in [0.4, 0.5) is 0 Å². The molecule has 0 saturated heterocycles. The standard InChI is InChI=1S/C29H42S.C2H6/c1-3-5-7-9-10-11-14-26-15-13-16-27(18-17-26)19-20-28-21-23-29(24-22-28)30-25-12-8-6-4-2;1-2/h13,15,17-24H,3-12,14,16,25H2,1-2H3;1-2H3/b20-19+;. The predicted molar refractivity (Wildman–Crippen MR) is 150 cm³/mol. The molecule has 1 aliphatic rings. The number of unbranched alkanes of at least 4 members (excludes halogenated alkanes) is 8. The summed E-state index contributed by atoms with van der Waals surface area (Å²) in [5, 5.41) is 0. The molecule has 0 aliphatic heterocycles. The molecule has 1 aliphatic carbocycles. The fourth-order valence-corrected chi connectivity index (χ4v) is 4.59. The topological polar surface area (TPSA) is 0 Å². The van der Waals surface area contributed by atoms with Crippen LogP contribution in [0.1, 0.15) is 110 Å². The summed E-state index contributed by atoms with van der Waals surface area (Å²) >= 11 is 1.99. The van der Waals surface area contributed by atoms with Crippen LogP contribution in [0.5, 0.6) is 0 Å². The minimum absolute atomic E-state index is 1.03. The normalized spacial score (nSPS) is 13.4. The van der Waals surface area contributed by atoms with Gasteiger partial charge in [0, 0.05) is 4.90 Å². The first-order valence-electron chi connectivity index (χ1n) is 13.3. The van der Waals surface area contributed by atoms with Crippen LogP contribution in [0.2, 0.25) is 0 Å². The van der Waals surface area contributed by atoms with Crippen LogP contribution < -0.4 is 0 Å². The summed E-state index contributed by atoms with van der Waals surface area (Å²) in [6.07, 6.45) is 29.6. The third-order valence-corrected chi connectivity index (χ3v) is 6.75. The number of benzene rings is 1. The van der Waals surface area contributed by atoms with Crippen molar-refractivity contribution in [3.63, 3.8) is 0 Å². The van der Waals surface area contributed by atoms with Crippen molar-refractivity contribution < 1.29 is 0 Å². The van der Waals surface area contributed by atoms with Crippen molar-refractivity contribution in [3.8, 4) is 0 Å². The van der Waals surface area contributed by atoms with Crippen molar-refractivity contribution in [1.29, 1.82) is 0 Å². The molecule has 2 rings (SSSR count). The van der Waals surface area contributed by atoms with Gasteiger partial charge in [-0.1, -0.05) is 128 Å². The molecule has 0 N–H and O–H groups in total. The second-order valence-corrected chi connectivity index (χ2v) is 9.59. The van der Waals surface area contributed by atoms with Gasteiger partial charge in [0.2, 0.25) is 0 Å². The average Bonchev–Trinajstić information content (AvgIpc) is 3.07. The number of hydrogen-bond donors (Lipinski definition) is 0. The van der Waals surface area contributed by atoms with E-state index in [0.717, 1.165) is 6.42 Å². The monoisotopic (exact) mass is 452 g/mol. The van der Waals surface area contributed by atoms with E-state index >= 15 is 0 Å². The van der Waals surface area contributed by atoms with Crippen LogP contribution in [0, 0.1) is 0 Å². The molecular weight excluding hydrogens is 404 g/mol. The lowest BCUT2D eigenvalue weighted by atomic mass is 10.0. The lowest BCUT2D eigenvalue weighted by Crippen LogP contribution is -1.82. The van der Waals surface area contributed by atoms with E-state index in [1.807, 2.05) is 25.6 Å². The molecule has 0 unspecified atom stereocenters. The lowest BCUT2D eigenvalue weighted by molar-refractivity contribution is 0.608. The van der Waals surface area contributed by atoms with Crippen LogP contribution in [0.3, 0.4) is 0 Å². The highest BCUT2D eigenvalue weighted by atomic mass is 32.2. The van der Waals surface area contributed by atoms with Gasteiger partial charge >= 0.3 is 0 Å². The summed E-state index contributed by atoms with van der Waals surface area (Å²) in [6.45, 7) is 8.55. The van der Waals surface area contributed by atoms with Gasteiger partial charge in [-0.3, -0.25) is 0 Å². The summed E-state index contributed by atoms with van der Waals surface area (Å²) in [5.41, 5.74) is 4.16. The first kappa shape index (κ1) is 28.6. The van der Waals surface area contributed by atoms with Crippen molar-refractivity contribution in [1.82, 2.24) is 0 Å². The molecule has 178 valence electrons. The van der Waals surface area contributed by atoms with Gasteiger partial charge in [0.1, 0.15) is 0 Å². The highest BCUT2D eigenvalue weighted by Gasteiger charge is 1.99. The summed E-state index contributed by atoms with van der Waals surface area (Å²) < 4.78 is 0. The zero-order valence-corrected chi connectivity index (χ0v) is 22.2. The molecule has 32 heavy (non-hydrogen) atoms. The van der Waals surface area contributed by atoms with Gasteiger partial charge in [-0.2, -0.15) is 0 Å². The Hall–Kier alpha value is -1.47. The van der Waals surface area contributed by atoms with Crippen LogP contribution in [0.25, 0.3) is 6.08 Å². The van der Waals surface area contributed by atoms with E-state index in [4.69, 9.17) is 0 Å². The highest BCUT2D eigenvalue weighted by Crippen LogP contribution is 2.22. The highest BCUT2D eigenvalue weighted by molar-refractivity contribution is 7.99. The van der Waals surface area contributed by atoms with Gasteiger partial charge in [0.25, 0.3) is 0 Å². The van der Waals surface area contributed by atoms with E-state index in [1.54, 1.807) is 0 Å². The number of rotatable bonds is 15. The van der Waals surface area contributed by atoms with E-state index in [9.17, 15) is 0 Å². The molecule has 0 atom stereocenters. The molecule has 0 saturated carbocycles. The molecule has 0 spiro atoms. The molecule has 0 amide bonds. The average molecular weight is 453 g/mol. The van der Waals surface area contributed by atoms with Crippen LogP contribution >= 0.6 is 11.8 Å². The smallest absolute Gasteiger partial charge is 0.00723 e.